The van der Waals surface area contributed by atoms with Crippen LogP contribution in [0, 0.1) is 0 Å². The van der Waals surface area contributed by atoms with Crippen LogP contribution in [-0.2, 0) is 13.0 Å². The number of ether oxygens (including phenoxy) is 2. The average Bonchev–Trinajstić information content (AvgIpc) is 3.10. The molecule has 0 fully saturated rings. The molecule has 2 rings (SSSR count). The first-order chi connectivity index (χ1) is 11.9. The van der Waals surface area contributed by atoms with Crippen LogP contribution in [0.5, 0.6) is 11.5 Å². The minimum absolute atomic E-state index is 0.103. The number of hydrogen-bond donors (Lipinski definition) is 3. The van der Waals surface area contributed by atoms with Crippen molar-refractivity contribution in [1.82, 2.24) is 10.6 Å². The van der Waals surface area contributed by atoms with E-state index in [9.17, 15) is 9.90 Å². The summed E-state index contributed by atoms with van der Waals surface area (Å²) in [4.78, 5) is 11.9. The molecule has 1 aromatic carbocycles. The molecule has 0 bridgehead atoms. The van der Waals surface area contributed by atoms with Gasteiger partial charge in [-0.25, -0.2) is 4.79 Å². The zero-order valence-corrected chi connectivity index (χ0v) is 14.7. The highest BCUT2D eigenvalue weighted by molar-refractivity contribution is 5.73. The van der Waals surface area contributed by atoms with Gasteiger partial charge in [0.2, 0.25) is 0 Å². The number of carbonyl (C=O) groups is 1. The summed E-state index contributed by atoms with van der Waals surface area (Å²) in [6.45, 7) is 2.07. The Labute approximate surface area is 146 Å². The maximum absolute atomic E-state index is 11.9. The monoisotopic (exact) mass is 348 g/mol. The van der Waals surface area contributed by atoms with Gasteiger partial charge in [0, 0.05) is 19.5 Å². The summed E-state index contributed by atoms with van der Waals surface area (Å²) in [5.74, 6) is 1.89. The second-order valence-corrected chi connectivity index (χ2v) is 5.98. The fourth-order valence-corrected chi connectivity index (χ4v) is 2.36. The SMILES string of the molecule is COc1ccc(CNC(=O)NC[C@@](C)(O)Cc2ccco2)cc1OC. The molecule has 0 aliphatic carbocycles. The Hall–Kier alpha value is -2.67. The van der Waals surface area contributed by atoms with E-state index < -0.39 is 5.60 Å². The highest BCUT2D eigenvalue weighted by Gasteiger charge is 2.23. The van der Waals surface area contributed by atoms with Crippen molar-refractivity contribution in [3.63, 3.8) is 0 Å². The Morgan fingerprint density at radius 3 is 2.60 bits per heavy atom. The van der Waals surface area contributed by atoms with Crippen molar-refractivity contribution in [3.8, 4) is 11.5 Å². The van der Waals surface area contributed by atoms with Crippen molar-refractivity contribution in [3.05, 3.63) is 47.9 Å². The molecule has 2 amide bonds. The normalized spacial score (nSPS) is 13.0. The molecule has 0 saturated heterocycles. The predicted octanol–water partition coefficient (Wildman–Crippen LogP) is 2.09. The number of nitrogens with one attached hydrogen (secondary N) is 2. The maximum atomic E-state index is 11.9. The van der Waals surface area contributed by atoms with Crippen molar-refractivity contribution in [1.29, 1.82) is 0 Å². The zero-order chi connectivity index (χ0) is 18.3. The minimum Gasteiger partial charge on any atom is -0.493 e. The highest BCUT2D eigenvalue weighted by Crippen LogP contribution is 2.27. The lowest BCUT2D eigenvalue weighted by Crippen LogP contribution is -2.45. The van der Waals surface area contributed by atoms with Gasteiger partial charge in [-0.3, -0.25) is 0 Å². The van der Waals surface area contributed by atoms with E-state index in [4.69, 9.17) is 13.9 Å². The number of amides is 2. The number of benzene rings is 1. The summed E-state index contributed by atoms with van der Waals surface area (Å²) in [5, 5.41) is 15.7. The van der Waals surface area contributed by atoms with E-state index >= 15 is 0 Å². The van der Waals surface area contributed by atoms with Gasteiger partial charge in [0.05, 0.1) is 26.1 Å². The molecule has 1 atom stereocenters. The number of methoxy groups -OCH3 is 2. The fraction of sp³-hybridized carbons (Fsp3) is 0.389. The van der Waals surface area contributed by atoms with Crippen molar-refractivity contribution >= 4 is 6.03 Å². The zero-order valence-electron chi connectivity index (χ0n) is 14.7. The molecular weight excluding hydrogens is 324 g/mol. The van der Waals surface area contributed by atoms with Crippen LogP contribution in [0.25, 0.3) is 0 Å². The van der Waals surface area contributed by atoms with E-state index in [1.54, 1.807) is 51.7 Å². The van der Waals surface area contributed by atoms with Gasteiger partial charge in [-0.2, -0.15) is 0 Å². The van der Waals surface area contributed by atoms with Crippen molar-refractivity contribution in [2.45, 2.75) is 25.5 Å². The molecule has 0 saturated carbocycles. The molecule has 7 nitrogen and oxygen atoms in total. The molecule has 7 heteroatoms. The second-order valence-electron chi connectivity index (χ2n) is 5.98. The van der Waals surface area contributed by atoms with Gasteiger partial charge in [-0.1, -0.05) is 6.07 Å². The lowest BCUT2D eigenvalue weighted by atomic mass is 10.0. The van der Waals surface area contributed by atoms with Crippen LogP contribution in [0.15, 0.2) is 41.0 Å². The summed E-state index contributed by atoms with van der Waals surface area (Å²) in [7, 11) is 3.13. The van der Waals surface area contributed by atoms with Gasteiger partial charge in [-0.15, -0.1) is 0 Å². The van der Waals surface area contributed by atoms with Gasteiger partial charge < -0.3 is 29.6 Å². The van der Waals surface area contributed by atoms with Crippen LogP contribution in [0.4, 0.5) is 4.79 Å². The number of carbonyl (C=O) groups excluding carboxylic acids is 1. The molecule has 0 aliphatic heterocycles. The molecule has 1 aromatic heterocycles. The second kappa shape index (κ2) is 8.43. The number of hydrogen-bond acceptors (Lipinski definition) is 5. The summed E-state index contributed by atoms with van der Waals surface area (Å²) in [6.07, 6.45) is 1.87. The van der Waals surface area contributed by atoms with E-state index in [1.165, 1.54) is 0 Å². The van der Waals surface area contributed by atoms with Crippen LogP contribution in [-0.4, -0.2) is 37.5 Å². The van der Waals surface area contributed by atoms with Crippen LogP contribution >= 0.6 is 0 Å². The third-order valence-electron chi connectivity index (χ3n) is 3.67. The standard InChI is InChI=1S/C18H24N2O5/c1-18(22,10-14-5-4-8-25-14)12-20-17(21)19-11-13-6-7-15(23-2)16(9-13)24-3/h4-9,22H,10-12H2,1-3H3,(H2,19,20,21)/t18-/m0/s1. The molecule has 136 valence electrons. The lowest BCUT2D eigenvalue weighted by molar-refractivity contribution is 0.0571. The van der Waals surface area contributed by atoms with Gasteiger partial charge in [0.15, 0.2) is 11.5 Å². The molecule has 0 aliphatic rings. The molecule has 0 unspecified atom stereocenters. The van der Waals surface area contributed by atoms with Crippen LogP contribution in [0.2, 0.25) is 0 Å². The molecule has 25 heavy (non-hydrogen) atoms. The van der Waals surface area contributed by atoms with E-state index in [2.05, 4.69) is 10.6 Å². The van der Waals surface area contributed by atoms with E-state index in [1.807, 2.05) is 6.07 Å². The number of furan rings is 1. The van der Waals surface area contributed by atoms with Gasteiger partial charge in [-0.05, 0) is 36.8 Å². The van der Waals surface area contributed by atoms with Gasteiger partial charge in [0.1, 0.15) is 5.76 Å². The van der Waals surface area contributed by atoms with Crippen molar-refractivity contribution in [2.75, 3.05) is 20.8 Å². The topological polar surface area (TPSA) is 93.0 Å². The third kappa shape index (κ3) is 5.72. The summed E-state index contributed by atoms with van der Waals surface area (Å²) in [6, 6.07) is 8.60. The number of urea groups is 1. The quantitative estimate of drug-likeness (QED) is 0.679. The minimum atomic E-state index is -1.10. The number of rotatable bonds is 8. The molecule has 0 spiro atoms. The Kier molecular flexibility index (Phi) is 6.30. The first kappa shape index (κ1) is 18.7. The Balaban J connectivity index is 1.80. The van der Waals surface area contributed by atoms with Crippen LogP contribution < -0.4 is 20.1 Å². The average molecular weight is 348 g/mol. The first-order valence-corrected chi connectivity index (χ1v) is 7.91. The Bertz CT molecular complexity index is 683. The van der Waals surface area contributed by atoms with E-state index in [0.29, 0.717) is 30.2 Å². The molecule has 2 aromatic rings. The predicted molar refractivity (Wildman–Crippen MR) is 92.8 cm³/mol. The number of aliphatic hydroxyl groups is 1. The molecule has 3 N–H and O–H groups in total. The molecular formula is C18H24N2O5. The maximum Gasteiger partial charge on any atom is 0.315 e. The fourth-order valence-electron chi connectivity index (χ4n) is 2.36. The molecule has 0 radical (unpaired) electrons. The lowest BCUT2D eigenvalue weighted by Gasteiger charge is -2.22. The smallest absolute Gasteiger partial charge is 0.315 e. The van der Waals surface area contributed by atoms with Gasteiger partial charge in [0.25, 0.3) is 0 Å². The summed E-state index contributed by atoms with van der Waals surface area (Å²) >= 11 is 0. The third-order valence-corrected chi connectivity index (χ3v) is 3.67. The Morgan fingerprint density at radius 2 is 1.96 bits per heavy atom. The highest BCUT2D eigenvalue weighted by atomic mass is 16.5. The Morgan fingerprint density at radius 1 is 1.20 bits per heavy atom. The van der Waals surface area contributed by atoms with E-state index in [-0.39, 0.29) is 12.6 Å². The summed E-state index contributed by atoms with van der Waals surface area (Å²) < 4.78 is 15.6. The molecule has 1 heterocycles. The van der Waals surface area contributed by atoms with Crippen molar-refractivity contribution in [2.24, 2.45) is 0 Å². The van der Waals surface area contributed by atoms with Gasteiger partial charge >= 0.3 is 6.03 Å². The first-order valence-electron chi connectivity index (χ1n) is 7.91. The summed E-state index contributed by atoms with van der Waals surface area (Å²) in [5.41, 5.74) is -0.228. The van der Waals surface area contributed by atoms with Crippen LogP contribution in [0.3, 0.4) is 0 Å². The van der Waals surface area contributed by atoms with E-state index in [0.717, 1.165) is 5.56 Å². The van der Waals surface area contributed by atoms with Crippen molar-refractivity contribution < 1.29 is 23.8 Å². The largest absolute Gasteiger partial charge is 0.493 e. The van der Waals surface area contributed by atoms with Crippen LogP contribution in [0.1, 0.15) is 18.2 Å².